The highest BCUT2D eigenvalue weighted by molar-refractivity contribution is 6.30. The molecule has 0 heterocycles. The molecule has 3 aromatic carbocycles. The number of hydrogen-bond acceptors (Lipinski definition) is 5. The lowest BCUT2D eigenvalue weighted by molar-refractivity contribution is 0.0142. The second-order valence-electron chi connectivity index (χ2n) is 10.1. The maximum absolute atomic E-state index is 12.9. The minimum absolute atomic E-state index is 0.0932. The molecule has 0 fully saturated rings. The van der Waals surface area contributed by atoms with E-state index >= 15 is 0 Å². The Morgan fingerprint density at radius 1 is 0.974 bits per heavy atom. The lowest BCUT2D eigenvalue weighted by Crippen LogP contribution is -2.40. The van der Waals surface area contributed by atoms with Crippen LogP contribution in [0.4, 0.5) is 4.79 Å². The van der Waals surface area contributed by atoms with Crippen molar-refractivity contribution in [3.8, 4) is 11.1 Å². The monoisotopic (exact) mass is 537 g/mol. The molecule has 3 aromatic rings. The number of rotatable bonds is 10. The SMILES string of the molecule is CCOC(=O)c1cccc(-c2cccc(CCCN(C[C@H](O)c3cccc(Cl)c3)C(=O)OC(C)(C)C)c2)c1. The molecule has 0 spiro atoms. The van der Waals surface area contributed by atoms with Crippen LogP contribution in [0.3, 0.4) is 0 Å². The third kappa shape index (κ3) is 8.89. The van der Waals surface area contributed by atoms with Crippen molar-refractivity contribution >= 4 is 23.7 Å². The summed E-state index contributed by atoms with van der Waals surface area (Å²) >= 11 is 6.08. The molecule has 202 valence electrons. The molecule has 0 aliphatic rings. The molecule has 0 bridgehead atoms. The maximum Gasteiger partial charge on any atom is 0.410 e. The zero-order valence-electron chi connectivity index (χ0n) is 22.4. The van der Waals surface area contributed by atoms with E-state index in [1.165, 1.54) is 0 Å². The highest BCUT2D eigenvalue weighted by Gasteiger charge is 2.24. The van der Waals surface area contributed by atoms with Crippen molar-refractivity contribution in [2.24, 2.45) is 0 Å². The van der Waals surface area contributed by atoms with Gasteiger partial charge in [-0.3, -0.25) is 0 Å². The van der Waals surface area contributed by atoms with Gasteiger partial charge < -0.3 is 19.5 Å². The minimum Gasteiger partial charge on any atom is -0.462 e. The average molecular weight is 538 g/mol. The van der Waals surface area contributed by atoms with Crippen molar-refractivity contribution in [3.63, 3.8) is 0 Å². The van der Waals surface area contributed by atoms with Crippen LogP contribution in [-0.4, -0.2) is 47.4 Å². The van der Waals surface area contributed by atoms with Gasteiger partial charge in [0.2, 0.25) is 0 Å². The van der Waals surface area contributed by atoms with Crippen molar-refractivity contribution in [1.82, 2.24) is 4.90 Å². The van der Waals surface area contributed by atoms with E-state index in [4.69, 9.17) is 21.1 Å². The van der Waals surface area contributed by atoms with Gasteiger partial charge in [0.05, 0.1) is 24.8 Å². The molecular formula is C31H36ClNO5. The van der Waals surface area contributed by atoms with Gasteiger partial charge in [0, 0.05) is 11.6 Å². The largest absolute Gasteiger partial charge is 0.462 e. The number of ether oxygens (including phenoxy) is 2. The number of carbonyl (C=O) groups excluding carboxylic acids is 2. The fourth-order valence-electron chi connectivity index (χ4n) is 4.03. The summed E-state index contributed by atoms with van der Waals surface area (Å²) in [4.78, 5) is 26.6. The standard InChI is InChI=1S/C31H36ClNO5/c1-5-37-29(35)26-15-7-13-24(19-26)23-12-6-10-22(18-23)11-9-17-33(30(36)38-31(2,3)4)21-28(34)25-14-8-16-27(32)20-25/h6-8,10,12-16,18-20,28,34H,5,9,11,17,21H2,1-4H3/t28-/m0/s1. The first-order valence-electron chi connectivity index (χ1n) is 12.8. The number of halogens is 1. The van der Waals surface area contributed by atoms with E-state index in [9.17, 15) is 14.7 Å². The zero-order valence-corrected chi connectivity index (χ0v) is 23.2. The van der Waals surface area contributed by atoms with E-state index in [0.29, 0.717) is 35.7 Å². The van der Waals surface area contributed by atoms with Crippen molar-refractivity contribution < 1.29 is 24.2 Å². The summed E-state index contributed by atoms with van der Waals surface area (Å²) in [7, 11) is 0. The van der Waals surface area contributed by atoms with Crippen LogP contribution in [-0.2, 0) is 15.9 Å². The fraction of sp³-hybridized carbons (Fsp3) is 0.355. The van der Waals surface area contributed by atoms with Crippen molar-refractivity contribution in [2.75, 3.05) is 19.7 Å². The first-order chi connectivity index (χ1) is 18.1. The van der Waals surface area contributed by atoms with Crippen molar-refractivity contribution in [1.29, 1.82) is 0 Å². The molecule has 7 heteroatoms. The molecular weight excluding hydrogens is 502 g/mol. The van der Waals surface area contributed by atoms with Gasteiger partial charge >= 0.3 is 12.1 Å². The Balaban J connectivity index is 1.69. The zero-order chi connectivity index (χ0) is 27.7. The maximum atomic E-state index is 12.9. The summed E-state index contributed by atoms with van der Waals surface area (Å²) in [5.41, 5.74) is 3.53. The smallest absolute Gasteiger partial charge is 0.410 e. The Kier molecular flexibility index (Phi) is 10.3. The molecule has 6 nitrogen and oxygen atoms in total. The lowest BCUT2D eigenvalue weighted by Gasteiger charge is -2.29. The van der Waals surface area contributed by atoms with E-state index in [1.54, 1.807) is 42.2 Å². The van der Waals surface area contributed by atoms with Crippen LogP contribution in [0.25, 0.3) is 11.1 Å². The molecule has 0 saturated carbocycles. The van der Waals surface area contributed by atoms with Crippen LogP contribution in [0.5, 0.6) is 0 Å². The first kappa shape index (κ1) is 29.2. The Morgan fingerprint density at radius 2 is 1.66 bits per heavy atom. The second-order valence-corrected chi connectivity index (χ2v) is 10.5. The molecule has 1 N–H and O–H groups in total. The first-order valence-corrected chi connectivity index (χ1v) is 13.2. The Bertz CT molecular complexity index is 1240. The summed E-state index contributed by atoms with van der Waals surface area (Å²) in [6.07, 6.45) is 0.0329. The highest BCUT2D eigenvalue weighted by Crippen LogP contribution is 2.24. The van der Waals surface area contributed by atoms with Gasteiger partial charge in [-0.1, -0.05) is 60.1 Å². The Labute approximate surface area is 230 Å². The van der Waals surface area contributed by atoms with Gasteiger partial charge in [0.25, 0.3) is 0 Å². The molecule has 0 aliphatic carbocycles. The highest BCUT2D eigenvalue weighted by atomic mass is 35.5. The van der Waals surface area contributed by atoms with Gasteiger partial charge in [0.1, 0.15) is 5.60 Å². The van der Waals surface area contributed by atoms with Crippen LogP contribution in [0.1, 0.15) is 61.7 Å². The summed E-state index contributed by atoms with van der Waals surface area (Å²) in [6.45, 7) is 8.07. The lowest BCUT2D eigenvalue weighted by atomic mass is 9.99. The molecule has 38 heavy (non-hydrogen) atoms. The molecule has 0 radical (unpaired) electrons. The number of nitrogens with zero attached hydrogens (tertiary/aromatic N) is 1. The summed E-state index contributed by atoms with van der Waals surface area (Å²) in [5, 5.41) is 11.3. The van der Waals surface area contributed by atoms with Gasteiger partial charge in [-0.15, -0.1) is 0 Å². The van der Waals surface area contributed by atoms with Gasteiger partial charge in [-0.2, -0.15) is 0 Å². The summed E-state index contributed by atoms with van der Waals surface area (Å²) in [6, 6.07) is 22.5. The minimum atomic E-state index is -0.892. The number of carbonyl (C=O) groups is 2. The quantitative estimate of drug-likeness (QED) is 0.279. The summed E-state index contributed by atoms with van der Waals surface area (Å²) < 4.78 is 10.7. The number of hydrogen-bond donors (Lipinski definition) is 1. The van der Waals surface area contributed by atoms with Crippen LogP contribution in [0.15, 0.2) is 72.8 Å². The van der Waals surface area contributed by atoms with Gasteiger partial charge in [-0.25, -0.2) is 9.59 Å². The van der Waals surface area contributed by atoms with Crippen LogP contribution in [0.2, 0.25) is 5.02 Å². The van der Waals surface area contributed by atoms with Crippen molar-refractivity contribution in [2.45, 2.75) is 52.2 Å². The predicted octanol–water partition coefficient (Wildman–Crippen LogP) is 7.09. The molecule has 3 rings (SSSR count). The molecule has 0 aromatic heterocycles. The fourth-order valence-corrected chi connectivity index (χ4v) is 4.23. The average Bonchev–Trinajstić information content (AvgIpc) is 2.87. The Morgan fingerprint density at radius 3 is 2.34 bits per heavy atom. The second kappa shape index (κ2) is 13.4. The third-order valence-corrected chi connectivity index (χ3v) is 6.04. The van der Waals surface area contributed by atoms with E-state index in [1.807, 2.05) is 57.2 Å². The molecule has 0 unspecified atom stereocenters. The molecule has 1 amide bonds. The van der Waals surface area contributed by atoms with E-state index in [-0.39, 0.29) is 12.5 Å². The normalized spacial score (nSPS) is 12.1. The summed E-state index contributed by atoms with van der Waals surface area (Å²) in [5.74, 6) is -0.340. The van der Waals surface area contributed by atoms with E-state index < -0.39 is 17.8 Å². The van der Waals surface area contributed by atoms with Crippen LogP contribution in [0, 0.1) is 0 Å². The number of aliphatic hydroxyl groups is 1. The number of amides is 1. The molecule has 0 aliphatic heterocycles. The van der Waals surface area contributed by atoms with Crippen molar-refractivity contribution in [3.05, 3.63) is 94.5 Å². The van der Waals surface area contributed by atoms with Crippen LogP contribution < -0.4 is 0 Å². The number of esters is 1. The van der Waals surface area contributed by atoms with Crippen LogP contribution >= 0.6 is 11.6 Å². The van der Waals surface area contributed by atoms with Gasteiger partial charge in [-0.05, 0) is 87.1 Å². The van der Waals surface area contributed by atoms with E-state index in [0.717, 1.165) is 23.1 Å². The number of benzene rings is 3. The predicted molar refractivity (Wildman–Crippen MR) is 150 cm³/mol. The molecule has 0 saturated heterocycles. The van der Waals surface area contributed by atoms with E-state index in [2.05, 4.69) is 6.07 Å². The Hall–Kier alpha value is -3.35. The number of aryl methyl sites for hydroxylation is 1. The molecule has 1 atom stereocenters. The van der Waals surface area contributed by atoms with Gasteiger partial charge in [0.15, 0.2) is 0 Å². The topological polar surface area (TPSA) is 76.1 Å². The number of aliphatic hydroxyl groups excluding tert-OH is 1. The third-order valence-electron chi connectivity index (χ3n) is 5.81.